The number of aryl methyl sites for hydroxylation is 1. The predicted molar refractivity (Wildman–Crippen MR) is 83.6 cm³/mol. The zero-order valence-corrected chi connectivity index (χ0v) is 13.6. The van der Waals surface area contributed by atoms with Crippen LogP contribution in [0.4, 0.5) is 0 Å². The first-order chi connectivity index (χ1) is 9.96. The number of piperidine rings is 1. The molecule has 1 aliphatic rings. The van der Waals surface area contributed by atoms with Gasteiger partial charge in [0, 0.05) is 18.7 Å². The second-order valence-electron chi connectivity index (χ2n) is 5.95. The Kier molecular flexibility index (Phi) is 5.41. The van der Waals surface area contributed by atoms with Gasteiger partial charge in [0.25, 0.3) is 0 Å². The monoisotopic (exact) mass is 311 g/mol. The molecule has 2 atom stereocenters. The maximum Gasteiger partial charge on any atom is 0.243 e. The summed E-state index contributed by atoms with van der Waals surface area (Å²) in [5.41, 5.74) is 1.05. The second kappa shape index (κ2) is 6.90. The SMILES string of the molecule is Cc1ccc(S(=O)(=O)N2[C@@H](CCCO)CCC[C@H]2C)cc1. The zero-order chi connectivity index (χ0) is 15.5. The maximum atomic E-state index is 12.9. The second-order valence-corrected chi connectivity index (χ2v) is 7.79. The number of hydrogen-bond acceptors (Lipinski definition) is 3. The highest BCUT2D eigenvalue weighted by atomic mass is 32.2. The first kappa shape index (κ1) is 16.5. The minimum Gasteiger partial charge on any atom is -0.396 e. The Labute approximate surface area is 127 Å². The van der Waals surface area contributed by atoms with E-state index in [1.807, 2.05) is 26.0 Å². The summed E-state index contributed by atoms with van der Waals surface area (Å²) in [6.45, 7) is 4.05. The molecule has 0 bridgehead atoms. The van der Waals surface area contributed by atoms with Gasteiger partial charge in [-0.05, 0) is 51.7 Å². The fourth-order valence-electron chi connectivity index (χ4n) is 3.13. The Morgan fingerprint density at radius 2 is 1.90 bits per heavy atom. The van der Waals surface area contributed by atoms with Crippen LogP contribution in [0, 0.1) is 6.92 Å². The first-order valence-corrected chi connectivity index (χ1v) is 9.12. The van der Waals surface area contributed by atoms with Gasteiger partial charge in [-0.3, -0.25) is 0 Å². The average molecular weight is 311 g/mol. The maximum absolute atomic E-state index is 12.9. The number of benzene rings is 1. The number of aliphatic hydroxyl groups is 1. The van der Waals surface area contributed by atoms with Crippen LogP contribution in [-0.2, 0) is 10.0 Å². The standard InChI is InChI=1S/C16H25NO3S/c1-13-8-10-16(11-9-13)21(19,20)17-14(2)5-3-6-15(17)7-4-12-18/h8-11,14-15,18H,3-7,12H2,1-2H3/t14-,15-/m1/s1. The smallest absolute Gasteiger partial charge is 0.243 e. The van der Waals surface area contributed by atoms with Gasteiger partial charge >= 0.3 is 0 Å². The largest absolute Gasteiger partial charge is 0.396 e. The highest BCUT2D eigenvalue weighted by Gasteiger charge is 2.37. The molecule has 4 nitrogen and oxygen atoms in total. The molecule has 0 amide bonds. The van der Waals surface area contributed by atoms with Crippen molar-refractivity contribution in [3.63, 3.8) is 0 Å². The molecule has 1 aromatic carbocycles. The van der Waals surface area contributed by atoms with Crippen molar-refractivity contribution in [1.82, 2.24) is 4.31 Å². The molecule has 5 heteroatoms. The summed E-state index contributed by atoms with van der Waals surface area (Å²) >= 11 is 0. The third kappa shape index (κ3) is 3.65. The van der Waals surface area contributed by atoms with Gasteiger partial charge in [-0.25, -0.2) is 8.42 Å². The summed E-state index contributed by atoms with van der Waals surface area (Å²) in [4.78, 5) is 0.371. The lowest BCUT2D eigenvalue weighted by Gasteiger charge is -2.39. The molecule has 0 aromatic heterocycles. The van der Waals surface area contributed by atoms with E-state index in [9.17, 15) is 8.42 Å². The summed E-state index contributed by atoms with van der Waals surface area (Å²) < 4.78 is 27.6. The summed E-state index contributed by atoms with van der Waals surface area (Å²) in [5, 5.41) is 9.03. The van der Waals surface area contributed by atoms with E-state index in [4.69, 9.17) is 5.11 Å². The van der Waals surface area contributed by atoms with Crippen molar-refractivity contribution in [2.24, 2.45) is 0 Å². The van der Waals surface area contributed by atoms with Gasteiger partial charge in [0.2, 0.25) is 10.0 Å². The van der Waals surface area contributed by atoms with Crippen LogP contribution in [-0.4, -0.2) is 36.5 Å². The minimum atomic E-state index is -3.46. The van der Waals surface area contributed by atoms with E-state index in [0.717, 1.165) is 31.2 Å². The molecule has 0 radical (unpaired) electrons. The van der Waals surface area contributed by atoms with Gasteiger partial charge in [0.05, 0.1) is 4.90 Å². The van der Waals surface area contributed by atoms with Crippen LogP contribution >= 0.6 is 0 Å². The van der Waals surface area contributed by atoms with E-state index >= 15 is 0 Å². The molecule has 0 aliphatic carbocycles. The number of aliphatic hydroxyl groups excluding tert-OH is 1. The lowest BCUT2D eigenvalue weighted by molar-refractivity contribution is 0.169. The van der Waals surface area contributed by atoms with E-state index in [-0.39, 0.29) is 18.7 Å². The van der Waals surface area contributed by atoms with E-state index in [2.05, 4.69) is 0 Å². The number of sulfonamides is 1. The Morgan fingerprint density at radius 1 is 1.24 bits per heavy atom. The van der Waals surface area contributed by atoms with Crippen molar-refractivity contribution < 1.29 is 13.5 Å². The van der Waals surface area contributed by atoms with Crippen LogP contribution in [0.5, 0.6) is 0 Å². The van der Waals surface area contributed by atoms with Crippen LogP contribution in [0.1, 0.15) is 44.6 Å². The molecule has 1 N–H and O–H groups in total. The molecule has 1 saturated heterocycles. The van der Waals surface area contributed by atoms with Crippen LogP contribution in [0.15, 0.2) is 29.2 Å². The van der Waals surface area contributed by atoms with Crippen LogP contribution in [0.25, 0.3) is 0 Å². The minimum absolute atomic E-state index is 0.00667. The lowest BCUT2D eigenvalue weighted by Crippen LogP contribution is -2.48. The molecule has 0 unspecified atom stereocenters. The van der Waals surface area contributed by atoms with Gasteiger partial charge < -0.3 is 5.11 Å². The van der Waals surface area contributed by atoms with E-state index < -0.39 is 10.0 Å². The van der Waals surface area contributed by atoms with E-state index in [1.54, 1.807) is 16.4 Å². The van der Waals surface area contributed by atoms with Crippen molar-refractivity contribution in [2.75, 3.05) is 6.61 Å². The molecule has 2 rings (SSSR count). The molecular weight excluding hydrogens is 286 g/mol. The highest BCUT2D eigenvalue weighted by molar-refractivity contribution is 7.89. The lowest BCUT2D eigenvalue weighted by atomic mass is 9.96. The average Bonchev–Trinajstić information content (AvgIpc) is 2.45. The van der Waals surface area contributed by atoms with Gasteiger partial charge in [-0.15, -0.1) is 0 Å². The quantitative estimate of drug-likeness (QED) is 0.909. The topological polar surface area (TPSA) is 57.6 Å². The molecule has 1 fully saturated rings. The predicted octanol–water partition coefficient (Wildman–Crippen LogP) is 2.70. The number of nitrogens with zero attached hydrogens (tertiary/aromatic N) is 1. The van der Waals surface area contributed by atoms with Crippen molar-refractivity contribution in [2.45, 2.75) is 62.9 Å². The Balaban J connectivity index is 2.31. The molecule has 1 heterocycles. The molecule has 21 heavy (non-hydrogen) atoms. The van der Waals surface area contributed by atoms with Gasteiger partial charge in [-0.1, -0.05) is 24.1 Å². The summed E-state index contributed by atoms with van der Waals surface area (Å²) in [5.74, 6) is 0. The third-order valence-electron chi connectivity index (χ3n) is 4.25. The molecule has 1 aromatic rings. The normalized spacial score (nSPS) is 24.1. The zero-order valence-electron chi connectivity index (χ0n) is 12.8. The van der Waals surface area contributed by atoms with Crippen molar-refractivity contribution in [3.05, 3.63) is 29.8 Å². The third-order valence-corrected chi connectivity index (χ3v) is 6.33. The fraction of sp³-hybridized carbons (Fsp3) is 0.625. The first-order valence-electron chi connectivity index (χ1n) is 7.68. The van der Waals surface area contributed by atoms with Gasteiger partial charge in [-0.2, -0.15) is 4.31 Å². The van der Waals surface area contributed by atoms with Crippen molar-refractivity contribution >= 4 is 10.0 Å². The molecule has 1 aliphatic heterocycles. The van der Waals surface area contributed by atoms with E-state index in [1.165, 1.54) is 0 Å². The van der Waals surface area contributed by atoms with Gasteiger partial charge in [0.15, 0.2) is 0 Å². The molecule has 118 valence electrons. The van der Waals surface area contributed by atoms with Crippen LogP contribution < -0.4 is 0 Å². The fourth-order valence-corrected chi connectivity index (χ4v) is 5.03. The summed E-state index contributed by atoms with van der Waals surface area (Å²) in [6, 6.07) is 7.08. The summed E-state index contributed by atoms with van der Waals surface area (Å²) in [7, 11) is -3.46. The highest BCUT2D eigenvalue weighted by Crippen LogP contribution is 2.31. The molecule has 0 spiro atoms. The Hall–Kier alpha value is -0.910. The Bertz CT molecular complexity index is 553. The van der Waals surface area contributed by atoms with Gasteiger partial charge in [0.1, 0.15) is 0 Å². The van der Waals surface area contributed by atoms with Crippen molar-refractivity contribution in [1.29, 1.82) is 0 Å². The van der Waals surface area contributed by atoms with E-state index in [0.29, 0.717) is 11.3 Å². The van der Waals surface area contributed by atoms with Crippen molar-refractivity contribution in [3.8, 4) is 0 Å². The molecule has 0 saturated carbocycles. The Morgan fingerprint density at radius 3 is 2.52 bits per heavy atom. The number of hydrogen-bond donors (Lipinski definition) is 1. The molecular formula is C16H25NO3S. The van der Waals surface area contributed by atoms with Crippen LogP contribution in [0.3, 0.4) is 0 Å². The van der Waals surface area contributed by atoms with Crippen LogP contribution in [0.2, 0.25) is 0 Å². The summed E-state index contributed by atoms with van der Waals surface area (Å²) in [6.07, 6.45) is 4.22. The number of rotatable bonds is 5.